The highest BCUT2D eigenvalue weighted by molar-refractivity contribution is 5.65. The van der Waals surface area contributed by atoms with Gasteiger partial charge in [0.2, 0.25) is 0 Å². The van der Waals surface area contributed by atoms with E-state index < -0.39 is 4.92 Å². The number of hydrogen-bond acceptors (Lipinski definition) is 7. The Labute approximate surface area is 128 Å². The van der Waals surface area contributed by atoms with Gasteiger partial charge >= 0.3 is 0 Å². The van der Waals surface area contributed by atoms with E-state index in [1.165, 1.54) is 13.2 Å². The first-order valence-corrected chi connectivity index (χ1v) is 6.49. The number of rotatable bonds is 8. The van der Waals surface area contributed by atoms with Crippen molar-refractivity contribution < 1.29 is 9.76 Å². The highest BCUT2D eigenvalue weighted by atomic mass is 16.6. The lowest BCUT2D eigenvalue weighted by atomic mass is 10.2. The molecule has 0 aromatic heterocycles. The summed E-state index contributed by atoms with van der Waals surface area (Å²) in [4.78, 5) is 17.0. The van der Waals surface area contributed by atoms with Crippen molar-refractivity contribution in [3.63, 3.8) is 0 Å². The molecule has 0 fully saturated rings. The molecule has 1 aromatic carbocycles. The van der Waals surface area contributed by atoms with Gasteiger partial charge in [0, 0.05) is 32.0 Å². The summed E-state index contributed by atoms with van der Waals surface area (Å²) in [6.45, 7) is 0.323. The Morgan fingerprint density at radius 1 is 1.41 bits per heavy atom. The van der Waals surface area contributed by atoms with E-state index in [1.807, 2.05) is 14.1 Å². The third kappa shape index (κ3) is 5.71. The predicted molar refractivity (Wildman–Crippen MR) is 85.2 cm³/mol. The van der Waals surface area contributed by atoms with E-state index in [4.69, 9.17) is 0 Å². The fourth-order valence-corrected chi connectivity index (χ4v) is 1.49. The Balaban J connectivity index is 2.72. The van der Waals surface area contributed by atoms with Crippen molar-refractivity contribution in [1.29, 1.82) is 0 Å². The largest absolute Gasteiger partial charge is 0.377 e. The monoisotopic (exact) mass is 305 g/mol. The van der Waals surface area contributed by atoms with Crippen LogP contribution in [-0.4, -0.2) is 32.7 Å². The summed E-state index contributed by atoms with van der Waals surface area (Å²) in [7, 11) is 5.14. The molecule has 22 heavy (non-hydrogen) atoms. The average molecular weight is 305 g/mol. The van der Waals surface area contributed by atoms with Crippen LogP contribution in [0, 0.1) is 10.1 Å². The zero-order chi connectivity index (χ0) is 16.4. The molecule has 1 aromatic rings. The summed E-state index contributed by atoms with van der Waals surface area (Å²) in [6, 6.07) is 4.82. The fourth-order valence-electron chi connectivity index (χ4n) is 1.49. The number of hydroxylamine groups is 1. The number of azo groups is 1. The first kappa shape index (κ1) is 17.3. The summed E-state index contributed by atoms with van der Waals surface area (Å²) in [5.41, 5.74) is 3.44. The maximum atomic E-state index is 11.1. The Hall–Kier alpha value is -2.74. The molecule has 8 nitrogen and oxygen atoms in total. The van der Waals surface area contributed by atoms with Gasteiger partial charge in [-0.15, -0.1) is 5.11 Å². The van der Waals surface area contributed by atoms with Gasteiger partial charge in [-0.3, -0.25) is 20.4 Å². The number of hydrogen-bond donors (Lipinski definition) is 1. The van der Waals surface area contributed by atoms with Gasteiger partial charge in [-0.05, 0) is 18.2 Å². The Morgan fingerprint density at radius 2 is 2.18 bits per heavy atom. The van der Waals surface area contributed by atoms with Crippen molar-refractivity contribution in [3.8, 4) is 0 Å². The van der Waals surface area contributed by atoms with E-state index in [1.54, 1.807) is 41.5 Å². The summed E-state index contributed by atoms with van der Waals surface area (Å²) in [5, 5.41) is 18.9. The fraction of sp³-hybridized carbons (Fsp3) is 0.286. The van der Waals surface area contributed by atoms with Crippen LogP contribution in [0.1, 0.15) is 0 Å². The molecule has 0 atom stereocenters. The van der Waals surface area contributed by atoms with Crippen LogP contribution >= 0.6 is 0 Å². The lowest BCUT2D eigenvalue weighted by molar-refractivity contribution is -0.384. The second kappa shape index (κ2) is 9.24. The molecule has 0 aliphatic rings. The van der Waals surface area contributed by atoms with Crippen LogP contribution in [0.5, 0.6) is 0 Å². The molecular formula is C14H19N5O3. The van der Waals surface area contributed by atoms with Crippen LogP contribution in [-0.2, 0) is 4.84 Å². The lowest BCUT2D eigenvalue weighted by Gasteiger charge is -2.11. The second-order valence-corrected chi connectivity index (χ2v) is 4.36. The minimum Gasteiger partial charge on any atom is -0.377 e. The zero-order valence-electron chi connectivity index (χ0n) is 12.8. The maximum Gasteiger partial charge on any atom is 0.298 e. The quantitative estimate of drug-likeness (QED) is 0.345. The molecule has 0 amide bonds. The third-order valence-corrected chi connectivity index (χ3v) is 2.57. The minimum atomic E-state index is -0.462. The van der Waals surface area contributed by atoms with Crippen LogP contribution in [0.3, 0.4) is 0 Å². The van der Waals surface area contributed by atoms with Crippen LogP contribution in [0.2, 0.25) is 0 Å². The van der Waals surface area contributed by atoms with E-state index in [-0.39, 0.29) is 11.4 Å². The van der Waals surface area contributed by atoms with Crippen LogP contribution in [0.25, 0.3) is 0 Å². The van der Waals surface area contributed by atoms with Crippen molar-refractivity contribution in [2.24, 2.45) is 10.2 Å². The SMILES string of the molecule is CON/C=C\C=C/CN=Nc1ccc(N(C)C)cc1[N+](=O)[O-]. The van der Waals surface area contributed by atoms with Crippen LogP contribution < -0.4 is 10.4 Å². The van der Waals surface area contributed by atoms with E-state index in [0.717, 1.165) is 5.69 Å². The number of nitrogens with one attached hydrogen (secondary N) is 1. The topological polar surface area (TPSA) is 92.4 Å². The van der Waals surface area contributed by atoms with Gasteiger partial charge in [0.15, 0.2) is 5.69 Å². The van der Waals surface area contributed by atoms with Gasteiger partial charge in [-0.25, -0.2) is 0 Å². The summed E-state index contributed by atoms with van der Waals surface area (Å²) in [5.74, 6) is 0. The number of benzene rings is 1. The van der Waals surface area contributed by atoms with Crippen molar-refractivity contribution in [2.75, 3.05) is 32.6 Å². The van der Waals surface area contributed by atoms with Crippen LogP contribution in [0.15, 0.2) is 52.9 Å². The minimum absolute atomic E-state index is 0.0666. The molecule has 0 heterocycles. The molecule has 0 spiro atoms. The summed E-state index contributed by atoms with van der Waals surface area (Å²) in [6.07, 6.45) is 6.86. The van der Waals surface area contributed by atoms with Crippen molar-refractivity contribution in [3.05, 3.63) is 52.7 Å². The normalized spacial score (nSPS) is 11.6. The molecule has 0 aliphatic carbocycles. The highest BCUT2D eigenvalue weighted by Crippen LogP contribution is 2.31. The van der Waals surface area contributed by atoms with E-state index in [2.05, 4.69) is 20.5 Å². The zero-order valence-corrected chi connectivity index (χ0v) is 12.8. The van der Waals surface area contributed by atoms with Crippen molar-refractivity contribution in [2.45, 2.75) is 0 Å². The molecule has 0 saturated carbocycles. The van der Waals surface area contributed by atoms with Gasteiger partial charge in [0.25, 0.3) is 5.69 Å². The summed E-state index contributed by atoms with van der Waals surface area (Å²) < 4.78 is 0. The standard InChI is InChI=1S/C14H19N5O3/c1-18(2)12-7-8-13(14(11-12)19(20)21)17-15-9-5-4-6-10-16-22-3/h4-8,10-11,16H,9H2,1-3H3/b5-4-,10-6-,17-15?. The molecule has 0 radical (unpaired) electrons. The first-order valence-electron chi connectivity index (χ1n) is 6.49. The molecule has 8 heteroatoms. The lowest BCUT2D eigenvalue weighted by Crippen LogP contribution is -2.08. The Kier molecular flexibility index (Phi) is 7.27. The van der Waals surface area contributed by atoms with Gasteiger partial charge < -0.3 is 4.90 Å². The predicted octanol–water partition coefficient (Wildman–Crippen LogP) is 2.97. The van der Waals surface area contributed by atoms with Crippen LogP contribution in [0.4, 0.5) is 17.1 Å². The van der Waals surface area contributed by atoms with Gasteiger partial charge in [0.1, 0.15) is 0 Å². The first-order chi connectivity index (χ1) is 10.6. The Bertz CT molecular complexity index is 582. The number of allylic oxidation sites excluding steroid dienone is 2. The molecule has 1 rings (SSSR count). The highest BCUT2D eigenvalue weighted by Gasteiger charge is 2.14. The molecular weight excluding hydrogens is 286 g/mol. The van der Waals surface area contributed by atoms with Gasteiger partial charge in [-0.2, -0.15) is 5.11 Å². The molecule has 1 N–H and O–H groups in total. The molecule has 0 unspecified atom stereocenters. The summed E-state index contributed by atoms with van der Waals surface area (Å²) >= 11 is 0. The van der Waals surface area contributed by atoms with Crippen molar-refractivity contribution >= 4 is 17.1 Å². The molecule has 0 bridgehead atoms. The number of nitro groups is 1. The Morgan fingerprint density at radius 3 is 2.82 bits per heavy atom. The molecule has 118 valence electrons. The van der Waals surface area contributed by atoms with Crippen molar-refractivity contribution in [1.82, 2.24) is 5.48 Å². The van der Waals surface area contributed by atoms with Gasteiger partial charge in [0.05, 0.1) is 18.6 Å². The smallest absolute Gasteiger partial charge is 0.298 e. The number of anilines is 1. The van der Waals surface area contributed by atoms with E-state index in [0.29, 0.717) is 6.54 Å². The molecule has 0 aliphatic heterocycles. The third-order valence-electron chi connectivity index (χ3n) is 2.57. The number of nitro benzene ring substituents is 1. The number of nitrogens with zero attached hydrogens (tertiary/aromatic N) is 4. The van der Waals surface area contributed by atoms with E-state index >= 15 is 0 Å². The van der Waals surface area contributed by atoms with E-state index in [9.17, 15) is 10.1 Å². The maximum absolute atomic E-state index is 11.1. The van der Waals surface area contributed by atoms with Gasteiger partial charge in [-0.1, -0.05) is 12.2 Å². The second-order valence-electron chi connectivity index (χ2n) is 4.36. The average Bonchev–Trinajstić information content (AvgIpc) is 2.49. The molecule has 0 saturated heterocycles.